The summed E-state index contributed by atoms with van der Waals surface area (Å²) in [5, 5.41) is 19.3. The van der Waals surface area contributed by atoms with Gasteiger partial charge in [0.25, 0.3) is 0 Å². The topological polar surface area (TPSA) is 79.2 Å². The van der Waals surface area contributed by atoms with Crippen LogP contribution in [0.4, 0.5) is 10.6 Å². The molecule has 1 aromatic heterocycles. The van der Waals surface area contributed by atoms with E-state index in [1.165, 1.54) is 0 Å². The molecule has 3 N–H and O–H groups in total. The second-order valence-corrected chi connectivity index (χ2v) is 5.84. The summed E-state index contributed by atoms with van der Waals surface area (Å²) in [4.78, 5) is 12.0. The molecular weight excluding hydrogens is 292 g/mol. The highest BCUT2D eigenvalue weighted by Gasteiger charge is 2.14. The quantitative estimate of drug-likeness (QED) is 0.766. The molecule has 6 nitrogen and oxygen atoms in total. The third-order valence-corrected chi connectivity index (χ3v) is 3.38. The van der Waals surface area contributed by atoms with Crippen molar-refractivity contribution in [3.8, 4) is 11.3 Å². The molecule has 0 radical (unpaired) electrons. The van der Waals surface area contributed by atoms with E-state index in [9.17, 15) is 9.90 Å². The first kappa shape index (κ1) is 17.0. The number of carbonyl (C=O) groups is 1. The fourth-order valence-electron chi connectivity index (χ4n) is 2.19. The average Bonchev–Trinajstić information content (AvgIpc) is 2.92. The minimum atomic E-state index is -0.429. The van der Waals surface area contributed by atoms with Crippen molar-refractivity contribution in [3.63, 3.8) is 0 Å². The van der Waals surface area contributed by atoms with E-state index in [2.05, 4.69) is 15.7 Å². The van der Waals surface area contributed by atoms with Gasteiger partial charge in [0, 0.05) is 24.2 Å². The molecule has 0 aliphatic rings. The van der Waals surface area contributed by atoms with Gasteiger partial charge >= 0.3 is 6.03 Å². The van der Waals surface area contributed by atoms with Crippen LogP contribution in [0.3, 0.4) is 0 Å². The van der Waals surface area contributed by atoms with Gasteiger partial charge in [-0.1, -0.05) is 30.3 Å². The van der Waals surface area contributed by atoms with E-state index in [0.29, 0.717) is 18.8 Å². The zero-order chi connectivity index (χ0) is 16.8. The number of anilines is 1. The Balaban J connectivity index is 2.11. The summed E-state index contributed by atoms with van der Waals surface area (Å²) < 4.78 is 1.79. The molecule has 0 saturated heterocycles. The van der Waals surface area contributed by atoms with Gasteiger partial charge in [-0.2, -0.15) is 5.10 Å². The summed E-state index contributed by atoms with van der Waals surface area (Å²) in [6.45, 7) is 6.14. The van der Waals surface area contributed by atoms with Crippen LogP contribution in [0, 0.1) is 0 Å². The van der Waals surface area contributed by atoms with Crippen molar-refractivity contribution in [1.82, 2.24) is 15.1 Å². The van der Waals surface area contributed by atoms with Gasteiger partial charge in [-0.15, -0.1) is 0 Å². The Labute approximate surface area is 136 Å². The summed E-state index contributed by atoms with van der Waals surface area (Å²) in [7, 11) is 0. The number of carbonyl (C=O) groups excluding carboxylic acids is 1. The standard InChI is InChI=1S/C17H24N4O2/c1-12(2)21-16(19-17(23)18-10-9-13(3)22)11-15(20-21)14-7-5-4-6-8-14/h4-8,11-13,22H,9-10H2,1-3H3,(H2,18,19,23). The molecule has 1 atom stereocenters. The van der Waals surface area contributed by atoms with Crippen LogP contribution in [0.25, 0.3) is 11.3 Å². The molecule has 1 heterocycles. The first-order chi connectivity index (χ1) is 11.0. The van der Waals surface area contributed by atoms with E-state index in [0.717, 1.165) is 11.3 Å². The minimum Gasteiger partial charge on any atom is -0.393 e. The molecule has 0 fully saturated rings. The molecule has 0 aliphatic carbocycles. The lowest BCUT2D eigenvalue weighted by Crippen LogP contribution is -2.31. The molecular formula is C17H24N4O2. The third-order valence-electron chi connectivity index (χ3n) is 3.38. The van der Waals surface area contributed by atoms with E-state index in [1.54, 1.807) is 11.6 Å². The van der Waals surface area contributed by atoms with Crippen LogP contribution >= 0.6 is 0 Å². The largest absolute Gasteiger partial charge is 0.393 e. The van der Waals surface area contributed by atoms with Gasteiger partial charge in [0.15, 0.2) is 0 Å². The number of nitrogens with one attached hydrogen (secondary N) is 2. The highest BCUT2D eigenvalue weighted by Crippen LogP contribution is 2.24. The zero-order valence-corrected chi connectivity index (χ0v) is 13.8. The normalized spacial score (nSPS) is 12.2. The average molecular weight is 316 g/mol. The number of aromatic nitrogens is 2. The molecule has 2 rings (SSSR count). The van der Waals surface area contributed by atoms with Crippen LogP contribution in [0.5, 0.6) is 0 Å². The molecule has 23 heavy (non-hydrogen) atoms. The van der Waals surface area contributed by atoms with Crippen LogP contribution in [-0.4, -0.2) is 33.6 Å². The van der Waals surface area contributed by atoms with Gasteiger partial charge in [-0.05, 0) is 27.2 Å². The van der Waals surface area contributed by atoms with Gasteiger partial charge in [0.05, 0.1) is 11.8 Å². The molecule has 6 heteroatoms. The number of nitrogens with zero attached hydrogens (tertiary/aromatic N) is 2. The molecule has 1 aromatic carbocycles. The Morgan fingerprint density at radius 3 is 2.57 bits per heavy atom. The lowest BCUT2D eigenvalue weighted by atomic mass is 10.2. The highest BCUT2D eigenvalue weighted by atomic mass is 16.3. The second kappa shape index (κ2) is 7.78. The molecule has 0 saturated carbocycles. The number of aliphatic hydroxyl groups excluding tert-OH is 1. The summed E-state index contributed by atoms with van der Waals surface area (Å²) in [6.07, 6.45) is 0.0905. The molecule has 0 bridgehead atoms. The van der Waals surface area contributed by atoms with Gasteiger partial charge in [-0.25, -0.2) is 9.48 Å². The fraction of sp³-hybridized carbons (Fsp3) is 0.412. The number of hydrogen-bond donors (Lipinski definition) is 3. The number of amides is 2. The van der Waals surface area contributed by atoms with Gasteiger partial charge in [0.1, 0.15) is 5.82 Å². The maximum Gasteiger partial charge on any atom is 0.320 e. The molecule has 0 spiro atoms. The second-order valence-electron chi connectivity index (χ2n) is 5.84. The van der Waals surface area contributed by atoms with Crippen LogP contribution in [-0.2, 0) is 0 Å². The monoisotopic (exact) mass is 316 g/mol. The predicted octanol–water partition coefficient (Wildman–Crippen LogP) is 3.02. The van der Waals surface area contributed by atoms with E-state index >= 15 is 0 Å². The number of aliphatic hydroxyl groups is 1. The smallest absolute Gasteiger partial charge is 0.320 e. The van der Waals surface area contributed by atoms with Crippen molar-refractivity contribution < 1.29 is 9.90 Å². The molecule has 1 unspecified atom stereocenters. The predicted molar refractivity (Wildman–Crippen MR) is 91.4 cm³/mol. The summed E-state index contributed by atoms with van der Waals surface area (Å²) in [6, 6.07) is 11.5. The summed E-state index contributed by atoms with van der Waals surface area (Å²) >= 11 is 0. The Kier molecular flexibility index (Phi) is 5.76. The van der Waals surface area contributed by atoms with Gasteiger partial charge < -0.3 is 10.4 Å². The molecule has 2 amide bonds. The van der Waals surface area contributed by atoms with Crippen LogP contribution in [0.1, 0.15) is 33.2 Å². The van der Waals surface area contributed by atoms with Crippen LogP contribution in [0.15, 0.2) is 36.4 Å². The van der Waals surface area contributed by atoms with E-state index < -0.39 is 6.10 Å². The van der Waals surface area contributed by atoms with Gasteiger partial charge in [0.2, 0.25) is 0 Å². The van der Waals surface area contributed by atoms with Crippen molar-refractivity contribution in [2.24, 2.45) is 0 Å². The van der Waals surface area contributed by atoms with Crippen molar-refractivity contribution in [3.05, 3.63) is 36.4 Å². The first-order valence-electron chi connectivity index (χ1n) is 7.85. The molecule has 124 valence electrons. The number of urea groups is 1. The van der Waals surface area contributed by atoms with Crippen molar-refractivity contribution >= 4 is 11.8 Å². The highest BCUT2D eigenvalue weighted by molar-refractivity contribution is 5.89. The SMILES string of the molecule is CC(O)CCNC(=O)Nc1cc(-c2ccccc2)nn1C(C)C. The van der Waals surface area contributed by atoms with Crippen LogP contribution < -0.4 is 10.6 Å². The maximum absolute atomic E-state index is 12.0. The first-order valence-corrected chi connectivity index (χ1v) is 7.85. The van der Waals surface area contributed by atoms with Crippen LogP contribution in [0.2, 0.25) is 0 Å². The lowest BCUT2D eigenvalue weighted by Gasteiger charge is -2.12. The third kappa shape index (κ3) is 4.82. The summed E-state index contributed by atoms with van der Waals surface area (Å²) in [5.41, 5.74) is 1.82. The fourth-order valence-corrected chi connectivity index (χ4v) is 2.19. The number of benzene rings is 1. The maximum atomic E-state index is 12.0. The Hall–Kier alpha value is -2.34. The summed E-state index contributed by atoms with van der Waals surface area (Å²) in [5.74, 6) is 0.647. The van der Waals surface area contributed by atoms with E-state index in [1.807, 2.05) is 50.2 Å². The van der Waals surface area contributed by atoms with Crippen molar-refractivity contribution in [2.75, 3.05) is 11.9 Å². The van der Waals surface area contributed by atoms with Gasteiger partial charge in [-0.3, -0.25) is 5.32 Å². The van der Waals surface area contributed by atoms with Crippen molar-refractivity contribution in [1.29, 1.82) is 0 Å². The van der Waals surface area contributed by atoms with E-state index in [-0.39, 0.29) is 12.1 Å². The molecule has 0 aliphatic heterocycles. The number of rotatable bonds is 6. The minimum absolute atomic E-state index is 0.125. The lowest BCUT2D eigenvalue weighted by molar-refractivity contribution is 0.184. The van der Waals surface area contributed by atoms with E-state index in [4.69, 9.17) is 0 Å². The Morgan fingerprint density at radius 2 is 1.96 bits per heavy atom. The Morgan fingerprint density at radius 1 is 1.26 bits per heavy atom. The zero-order valence-electron chi connectivity index (χ0n) is 13.8. The van der Waals surface area contributed by atoms with Crippen molar-refractivity contribution in [2.45, 2.75) is 39.3 Å². The number of hydrogen-bond acceptors (Lipinski definition) is 3. The molecule has 2 aromatic rings. The Bertz CT molecular complexity index is 635.